The highest BCUT2D eigenvalue weighted by Gasteiger charge is 2.19. The zero-order valence-electron chi connectivity index (χ0n) is 14.1. The second-order valence-corrected chi connectivity index (χ2v) is 6.31. The number of rotatable bonds is 5. The lowest BCUT2D eigenvalue weighted by atomic mass is 9.98. The van der Waals surface area contributed by atoms with Crippen molar-refractivity contribution in [1.82, 2.24) is 0 Å². The molecule has 4 nitrogen and oxygen atoms in total. The van der Waals surface area contributed by atoms with E-state index in [4.69, 9.17) is 9.47 Å². The molecule has 0 aromatic heterocycles. The van der Waals surface area contributed by atoms with E-state index in [9.17, 15) is 9.59 Å². The smallest absolute Gasteiger partial charge is 0.338 e. The van der Waals surface area contributed by atoms with Crippen LogP contribution >= 0.6 is 0 Å². The first kappa shape index (κ1) is 17.2. The molecule has 1 aliphatic rings. The average molecular weight is 338 g/mol. The van der Waals surface area contributed by atoms with Crippen molar-refractivity contribution in [3.8, 4) is 0 Å². The van der Waals surface area contributed by atoms with Gasteiger partial charge in [-0.25, -0.2) is 9.59 Å². The van der Waals surface area contributed by atoms with E-state index in [0.29, 0.717) is 11.1 Å². The van der Waals surface area contributed by atoms with Gasteiger partial charge in [-0.3, -0.25) is 0 Å². The number of carbonyl (C=O) groups excluding carboxylic acids is 2. The van der Waals surface area contributed by atoms with Crippen molar-refractivity contribution in [3.63, 3.8) is 0 Å². The number of esters is 2. The number of carbonyl (C=O) groups is 2. The van der Waals surface area contributed by atoms with Gasteiger partial charge in [-0.2, -0.15) is 0 Å². The van der Waals surface area contributed by atoms with Crippen LogP contribution in [0.15, 0.2) is 54.6 Å². The number of hydrogen-bond acceptors (Lipinski definition) is 4. The Kier molecular flexibility index (Phi) is 5.83. The molecule has 0 amide bonds. The first-order valence-electron chi connectivity index (χ1n) is 8.74. The summed E-state index contributed by atoms with van der Waals surface area (Å²) in [6.45, 7) is 0.205. The van der Waals surface area contributed by atoms with E-state index in [1.165, 1.54) is 6.42 Å². The lowest BCUT2D eigenvalue weighted by molar-refractivity contribution is 0.0211. The van der Waals surface area contributed by atoms with Gasteiger partial charge in [-0.05, 0) is 49.4 Å². The maximum absolute atomic E-state index is 12.3. The van der Waals surface area contributed by atoms with Crippen molar-refractivity contribution >= 4 is 11.9 Å². The third kappa shape index (κ3) is 4.92. The monoisotopic (exact) mass is 338 g/mol. The molecular weight excluding hydrogens is 316 g/mol. The fourth-order valence-corrected chi connectivity index (χ4v) is 2.98. The van der Waals surface area contributed by atoms with Crippen LogP contribution in [0.1, 0.15) is 58.4 Å². The Morgan fingerprint density at radius 2 is 1.52 bits per heavy atom. The molecule has 130 valence electrons. The first-order chi connectivity index (χ1) is 12.2. The minimum atomic E-state index is -0.448. The predicted molar refractivity (Wildman–Crippen MR) is 94.3 cm³/mol. The summed E-state index contributed by atoms with van der Waals surface area (Å²) in [4.78, 5) is 24.5. The first-order valence-corrected chi connectivity index (χ1v) is 8.74. The standard InChI is InChI=1S/C21H22O4/c22-20(24-15-16-8-3-1-4-9-16)17-10-7-11-18(14-17)21(23)25-19-12-5-2-6-13-19/h1,3-4,7-11,14,19H,2,5-6,12-13,15H2. The lowest BCUT2D eigenvalue weighted by Gasteiger charge is -2.21. The van der Waals surface area contributed by atoms with E-state index in [2.05, 4.69) is 0 Å². The zero-order valence-corrected chi connectivity index (χ0v) is 14.1. The molecule has 1 saturated carbocycles. The number of benzene rings is 2. The van der Waals surface area contributed by atoms with Gasteiger partial charge in [-0.1, -0.05) is 42.8 Å². The number of ether oxygens (including phenoxy) is 2. The summed E-state index contributed by atoms with van der Waals surface area (Å²) < 4.78 is 10.9. The van der Waals surface area contributed by atoms with Crippen LogP contribution in [-0.2, 0) is 16.1 Å². The normalized spacial score (nSPS) is 14.7. The highest BCUT2D eigenvalue weighted by Crippen LogP contribution is 2.21. The van der Waals surface area contributed by atoms with Gasteiger partial charge in [0.25, 0.3) is 0 Å². The minimum absolute atomic E-state index is 0.00469. The second kappa shape index (κ2) is 8.47. The Hall–Kier alpha value is -2.62. The molecule has 0 saturated heterocycles. The highest BCUT2D eigenvalue weighted by molar-refractivity contribution is 5.95. The summed E-state index contributed by atoms with van der Waals surface area (Å²) in [5, 5.41) is 0. The molecule has 0 radical (unpaired) electrons. The summed E-state index contributed by atoms with van der Waals surface area (Å²) in [6.07, 6.45) is 5.24. The molecule has 2 aromatic carbocycles. The zero-order chi connectivity index (χ0) is 17.5. The van der Waals surface area contributed by atoms with Crippen LogP contribution in [-0.4, -0.2) is 18.0 Å². The summed E-state index contributed by atoms with van der Waals surface area (Å²) in [6, 6.07) is 16.0. The fourth-order valence-electron chi connectivity index (χ4n) is 2.98. The number of hydrogen-bond donors (Lipinski definition) is 0. The van der Waals surface area contributed by atoms with Gasteiger partial charge in [0, 0.05) is 0 Å². The molecule has 4 heteroatoms. The Morgan fingerprint density at radius 1 is 0.840 bits per heavy atom. The van der Waals surface area contributed by atoms with E-state index < -0.39 is 5.97 Å². The molecule has 1 fully saturated rings. The molecule has 0 heterocycles. The van der Waals surface area contributed by atoms with Crippen LogP contribution in [0.2, 0.25) is 0 Å². The molecule has 0 unspecified atom stereocenters. The molecule has 0 aliphatic heterocycles. The van der Waals surface area contributed by atoms with Crippen LogP contribution in [0, 0.1) is 0 Å². The molecule has 0 bridgehead atoms. The van der Waals surface area contributed by atoms with Gasteiger partial charge in [0.15, 0.2) is 0 Å². The average Bonchev–Trinajstić information content (AvgIpc) is 2.68. The summed E-state index contributed by atoms with van der Waals surface area (Å²) in [7, 11) is 0. The van der Waals surface area contributed by atoms with Gasteiger partial charge in [0.05, 0.1) is 11.1 Å². The Morgan fingerprint density at radius 3 is 2.24 bits per heavy atom. The third-order valence-corrected chi connectivity index (χ3v) is 4.37. The van der Waals surface area contributed by atoms with Crippen LogP contribution in [0.5, 0.6) is 0 Å². The van der Waals surface area contributed by atoms with Crippen LogP contribution in [0.3, 0.4) is 0 Å². The van der Waals surface area contributed by atoms with E-state index >= 15 is 0 Å². The van der Waals surface area contributed by atoms with Crippen molar-refractivity contribution in [2.45, 2.75) is 44.8 Å². The molecular formula is C21H22O4. The maximum atomic E-state index is 12.3. The Bertz CT molecular complexity index is 718. The molecule has 0 spiro atoms. The van der Waals surface area contributed by atoms with Crippen molar-refractivity contribution in [2.24, 2.45) is 0 Å². The minimum Gasteiger partial charge on any atom is -0.459 e. The largest absolute Gasteiger partial charge is 0.459 e. The van der Waals surface area contributed by atoms with Crippen molar-refractivity contribution in [1.29, 1.82) is 0 Å². The van der Waals surface area contributed by atoms with Gasteiger partial charge in [-0.15, -0.1) is 0 Å². The molecule has 3 rings (SSSR count). The molecule has 0 N–H and O–H groups in total. The van der Waals surface area contributed by atoms with Crippen molar-refractivity contribution in [2.75, 3.05) is 0 Å². The molecule has 2 aromatic rings. The third-order valence-electron chi connectivity index (χ3n) is 4.37. The molecule has 25 heavy (non-hydrogen) atoms. The summed E-state index contributed by atoms with van der Waals surface area (Å²) >= 11 is 0. The lowest BCUT2D eigenvalue weighted by Crippen LogP contribution is -2.21. The van der Waals surface area contributed by atoms with Gasteiger partial charge < -0.3 is 9.47 Å². The van der Waals surface area contributed by atoms with Gasteiger partial charge in [0.1, 0.15) is 12.7 Å². The van der Waals surface area contributed by atoms with E-state index in [1.54, 1.807) is 24.3 Å². The van der Waals surface area contributed by atoms with Gasteiger partial charge in [0.2, 0.25) is 0 Å². The highest BCUT2D eigenvalue weighted by atomic mass is 16.5. The van der Waals surface area contributed by atoms with Crippen LogP contribution in [0.4, 0.5) is 0 Å². The second-order valence-electron chi connectivity index (χ2n) is 6.31. The van der Waals surface area contributed by atoms with Crippen LogP contribution < -0.4 is 0 Å². The maximum Gasteiger partial charge on any atom is 0.338 e. The van der Waals surface area contributed by atoms with Crippen LogP contribution in [0.25, 0.3) is 0 Å². The van der Waals surface area contributed by atoms with E-state index in [0.717, 1.165) is 31.2 Å². The Balaban J connectivity index is 1.60. The molecule has 1 aliphatic carbocycles. The topological polar surface area (TPSA) is 52.6 Å². The van der Waals surface area contributed by atoms with Crippen molar-refractivity contribution < 1.29 is 19.1 Å². The Labute approximate surface area is 147 Å². The predicted octanol–water partition coefficient (Wildman–Crippen LogP) is 4.53. The molecule has 0 atom stereocenters. The van der Waals surface area contributed by atoms with E-state index in [1.807, 2.05) is 30.3 Å². The quantitative estimate of drug-likeness (QED) is 0.752. The SMILES string of the molecule is O=C(OCc1ccccc1)c1cccc(C(=O)OC2CCCCC2)c1. The fraction of sp³-hybridized carbons (Fsp3) is 0.333. The van der Waals surface area contributed by atoms with Gasteiger partial charge >= 0.3 is 11.9 Å². The summed E-state index contributed by atoms with van der Waals surface area (Å²) in [5.74, 6) is -0.819. The van der Waals surface area contributed by atoms with E-state index in [-0.39, 0.29) is 18.7 Å². The summed E-state index contributed by atoms with van der Waals surface area (Å²) in [5.41, 5.74) is 1.66. The van der Waals surface area contributed by atoms with Crippen molar-refractivity contribution in [3.05, 3.63) is 71.3 Å².